The maximum Gasteiger partial charge on any atom is -0.0195 e. The Labute approximate surface area is 144 Å². The predicted molar refractivity (Wildman–Crippen MR) is 106 cm³/mol. The Morgan fingerprint density at radius 2 is 1.00 bits per heavy atom. The van der Waals surface area contributed by atoms with Crippen LogP contribution in [0.25, 0.3) is 0 Å². The zero-order valence-electron chi connectivity index (χ0n) is 14.3. The van der Waals surface area contributed by atoms with Crippen molar-refractivity contribution >= 4 is 18.5 Å². The van der Waals surface area contributed by atoms with Crippen LogP contribution in [-0.2, 0) is 0 Å². The first-order valence-corrected chi connectivity index (χ1v) is 10.6. The zero-order chi connectivity index (χ0) is 16.2. The van der Waals surface area contributed by atoms with Gasteiger partial charge in [0.2, 0.25) is 0 Å². The van der Waals surface area contributed by atoms with E-state index in [0.29, 0.717) is 0 Å². The second-order valence-electron chi connectivity index (χ2n) is 6.15. The molecule has 23 heavy (non-hydrogen) atoms. The molecular formula is C22H30P. The van der Waals surface area contributed by atoms with Crippen molar-refractivity contribution in [3.8, 4) is 0 Å². The number of hydrogen-bond acceptors (Lipinski definition) is 0. The van der Waals surface area contributed by atoms with Crippen LogP contribution >= 0.6 is 7.92 Å². The summed E-state index contributed by atoms with van der Waals surface area (Å²) in [7, 11) is -0.189. The highest BCUT2D eigenvalue weighted by molar-refractivity contribution is 7.73. The second kappa shape index (κ2) is 11.4. The molecule has 0 aromatic heterocycles. The van der Waals surface area contributed by atoms with Gasteiger partial charge in [-0.1, -0.05) is 113 Å². The quantitative estimate of drug-likeness (QED) is 0.347. The minimum Gasteiger partial charge on any atom is -0.0622 e. The Morgan fingerprint density at radius 1 is 0.565 bits per heavy atom. The van der Waals surface area contributed by atoms with Crippen LogP contribution in [0.4, 0.5) is 0 Å². The fraction of sp³-hybridized carbons (Fsp3) is 0.409. The van der Waals surface area contributed by atoms with Crippen LogP contribution in [0.15, 0.2) is 60.7 Å². The predicted octanol–water partition coefficient (Wildman–Crippen LogP) is 6.07. The normalized spacial score (nSPS) is 11.0. The molecule has 0 nitrogen and oxygen atoms in total. The molecule has 1 radical (unpaired) electrons. The van der Waals surface area contributed by atoms with Crippen molar-refractivity contribution in [2.75, 3.05) is 6.16 Å². The highest BCUT2D eigenvalue weighted by Gasteiger charge is 2.12. The van der Waals surface area contributed by atoms with E-state index < -0.39 is 0 Å². The maximum absolute atomic E-state index is 3.91. The van der Waals surface area contributed by atoms with Crippen molar-refractivity contribution in [1.29, 1.82) is 0 Å². The summed E-state index contributed by atoms with van der Waals surface area (Å²) >= 11 is 0. The summed E-state index contributed by atoms with van der Waals surface area (Å²) < 4.78 is 0. The van der Waals surface area contributed by atoms with Crippen LogP contribution in [0.2, 0.25) is 0 Å². The molecule has 0 amide bonds. The smallest absolute Gasteiger partial charge is 0.0195 e. The van der Waals surface area contributed by atoms with Gasteiger partial charge in [-0.15, -0.1) is 0 Å². The highest BCUT2D eigenvalue weighted by atomic mass is 31.1. The Balaban J connectivity index is 1.80. The molecule has 0 spiro atoms. The van der Waals surface area contributed by atoms with E-state index in [2.05, 4.69) is 67.6 Å². The van der Waals surface area contributed by atoms with Gasteiger partial charge in [0, 0.05) is 0 Å². The Kier molecular flexibility index (Phi) is 9.04. The lowest BCUT2D eigenvalue weighted by molar-refractivity contribution is 0.593. The lowest BCUT2D eigenvalue weighted by Gasteiger charge is -2.18. The monoisotopic (exact) mass is 325 g/mol. The van der Waals surface area contributed by atoms with Crippen LogP contribution in [-0.4, -0.2) is 6.16 Å². The van der Waals surface area contributed by atoms with Crippen LogP contribution in [0, 0.1) is 6.92 Å². The van der Waals surface area contributed by atoms with Crippen LogP contribution in [0.1, 0.15) is 51.4 Å². The van der Waals surface area contributed by atoms with E-state index in [0.717, 1.165) is 6.42 Å². The van der Waals surface area contributed by atoms with Gasteiger partial charge < -0.3 is 0 Å². The fourth-order valence-corrected chi connectivity index (χ4v) is 5.37. The van der Waals surface area contributed by atoms with E-state index in [1.807, 2.05) is 0 Å². The van der Waals surface area contributed by atoms with Crippen molar-refractivity contribution < 1.29 is 0 Å². The summed E-state index contributed by atoms with van der Waals surface area (Å²) in [5.41, 5.74) is 0. The first-order valence-electron chi connectivity index (χ1n) is 9.08. The van der Waals surface area contributed by atoms with Gasteiger partial charge in [0.25, 0.3) is 0 Å². The molecule has 0 bridgehead atoms. The molecule has 0 fully saturated rings. The first-order chi connectivity index (χ1) is 11.4. The second-order valence-corrected chi connectivity index (χ2v) is 8.49. The van der Waals surface area contributed by atoms with Crippen molar-refractivity contribution in [3.63, 3.8) is 0 Å². The number of rotatable bonds is 11. The van der Waals surface area contributed by atoms with E-state index in [-0.39, 0.29) is 7.92 Å². The average molecular weight is 325 g/mol. The molecule has 0 aliphatic carbocycles. The largest absolute Gasteiger partial charge is 0.0622 e. The van der Waals surface area contributed by atoms with E-state index >= 15 is 0 Å². The van der Waals surface area contributed by atoms with Crippen LogP contribution < -0.4 is 10.6 Å². The molecule has 0 heterocycles. The Hall–Kier alpha value is -1.13. The van der Waals surface area contributed by atoms with Gasteiger partial charge in [-0.25, -0.2) is 0 Å². The zero-order valence-corrected chi connectivity index (χ0v) is 15.2. The molecule has 2 aromatic rings. The van der Waals surface area contributed by atoms with E-state index in [1.165, 1.54) is 61.7 Å². The lowest BCUT2D eigenvalue weighted by atomic mass is 10.1. The van der Waals surface area contributed by atoms with Gasteiger partial charge in [-0.3, -0.25) is 0 Å². The van der Waals surface area contributed by atoms with Crippen LogP contribution in [0.3, 0.4) is 0 Å². The molecule has 0 aliphatic rings. The summed E-state index contributed by atoms with van der Waals surface area (Å²) in [5, 5.41) is 3.04. The van der Waals surface area contributed by atoms with Gasteiger partial charge >= 0.3 is 0 Å². The molecule has 0 saturated carbocycles. The minimum atomic E-state index is -0.189. The van der Waals surface area contributed by atoms with Crippen molar-refractivity contribution in [2.45, 2.75) is 51.4 Å². The highest BCUT2D eigenvalue weighted by Crippen LogP contribution is 2.34. The summed E-state index contributed by atoms with van der Waals surface area (Å²) in [4.78, 5) is 0. The molecule has 0 saturated heterocycles. The SMILES string of the molecule is [CH2]CCCCCCCCCP(c1ccccc1)c1ccccc1. The van der Waals surface area contributed by atoms with E-state index in [9.17, 15) is 0 Å². The maximum atomic E-state index is 3.91. The molecule has 2 rings (SSSR count). The molecular weight excluding hydrogens is 295 g/mol. The summed E-state index contributed by atoms with van der Waals surface area (Å²) in [5.74, 6) is 0. The van der Waals surface area contributed by atoms with Gasteiger partial charge in [-0.2, -0.15) is 0 Å². The van der Waals surface area contributed by atoms with Gasteiger partial charge in [0.15, 0.2) is 0 Å². The molecule has 0 unspecified atom stereocenters. The number of unbranched alkanes of at least 4 members (excludes halogenated alkanes) is 7. The third-order valence-corrected chi connectivity index (χ3v) is 6.87. The molecule has 0 N–H and O–H groups in total. The van der Waals surface area contributed by atoms with E-state index in [4.69, 9.17) is 0 Å². The van der Waals surface area contributed by atoms with Crippen molar-refractivity contribution in [1.82, 2.24) is 0 Å². The fourth-order valence-electron chi connectivity index (χ4n) is 2.95. The summed E-state index contributed by atoms with van der Waals surface area (Å²) in [6.45, 7) is 3.91. The van der Waals surface area contributed by atoms with Crippen molar-refractivity contribution in [3.05, 3.63) is 67.6 Å². The van der Waals surface area contributed by atoms with E-state index in [1.54, 1.807) is 0 Å². The molecule has 2 aromatic carbocycles. The first kappa shape index (κ1) is 18.2. The third-order valence-electron chi connectivity index (χ3n) is 4.27. The summed E-state index contributed by atoms with van der Waals surface area (Å²) in [6, 6.07) is 22.2. The van der Waals surface area contributed by atoms with Gasteiger partial charge in [0.05, 0.1) is 0 Å². The van der Waals surface area contributed by atoms with Crippen LogP contribution in [0.5, 0.6) is 0 Å². The number of hydrogen-bond donors (Lipinski definition) is 0. The molecule has 0 aliphatic heterocycles. The topological polar surface area (TPSA) is 0 Å². The third kappa shape index (κ3) is 6.88. The van der Waals surface area contributed by atoms with Gasteiger partial charge in [0.1, 0.15) is 0 Å². The standard InChI is InChI=1S/C22H30P/c1-2-3-4-5-6-7-8-15-20-23(21-16-11-9-12-17-21)22-18-13-10-14-19-22/h9-14,16-19H,1-8,15,20H2. The lowest BCUT2D eigenvalue weighted by Crippen LogP contribution is -2.13. The molecule has 123 valence electrons. The minimum absolute atomic E-state index is 0.189. The Morgan fingerprint density at radius 3 is 1.48 bits per heavy atom. The Bertz CT molecular complexity index is 467. The molecule has 1 heteroatoms. The van der Waals surface area contributed by atoms with Gasteiger partial charge in [-0.05, 0) is 31.1 Å². The number of benzene rings is 2. The van der Waals surface area contributed by atoms with Crippen molar-refractivity contribution in [2.24, 2.45) is 0 Å². The average Bonchev–Trinajstić information content (AvgIpc) is 2.62. The molecule has 0 atom stereocenters. The summed E-state index contributed by atoms with van der Waals surface area (Å²) in [6.07, 6.45) is 12.0.